The fourth-order valence-electron chi connectivity index (χ4n) is 2.28. The first-order valence-corrected chi connectivity index (χ1v) is 7.38. The molecule has 24 heavy (non-hydrogen) atoms. The van der Waals surface area contributed by atoms with E-state index in [1.807, 2.05) is 18.2 Å². The topological polar surface area (TPSA) is 68.9 Å². The number of benzene rings is 2. The van der Waals surface area contributed by atoms with Gasteiger partial charge in [0.2, 0.25) is 0 Å². The maximum atomic E-state index is 5.99. The maximum Gasteiger partial charge on any atom is 0.193 e. The summed E-state index contributed by atoms with van der Waals surface area (Å²) in [6.45, 7) is 4.68. The molecule has 0 aromatic heterocycles. The lowest BCUT2D eigenvalue weighted by Gasteiger charge is -2.12. The number of hydrogen-bond donors (Lipinski definition) is 2. The molecule has 3 N–H and O–H groups in total. The minimum atomic E-state index is 0. The highest BCUT2D eigenvalue weighted by molar-refractivity contribution is 14.0. The van der Waals surface area contributed by atoms with E-state index in [-0.39, 0.29) is 24.0 Å². The highest BCUT2D eigenvalue weighted by atomic mass is 127. The quantitative estimate of drug-likeness (QED) is 0.420. The van der Waals surface area contributed by atoms with Crippen molar-refractivity contribution in [2.24, 2.45) is 10.7 Å². The number of nitrogens with zero attached hydrogens (tertiary/aromatic N) is 1. The van der Waals surface area contributed by atoms with Crippen LogP contribution >= 0.6 is 24.0 Å². The Bertz CT molecular complexity index is 717. The lowest BCUT2D eigenvalue weighted by Crippen LogP contribution is -2.23. The van der Waals surface area contributed by atoms with Crippen molar-refractivity contribution in [1.82, 2.24) is 0 Å². The van der Waals surface area contributed by atoms with E-state index in [2.05, 4.69) is 42.4 Å². The molecule has 5 nitrogen and oxygen atoms in total. The minimum absolute atomic E-state index is 0. The first kappa shape index (κ1) is 20.1. The number of aryl methyl sites for hydroxylation is 2. The summed E-state index contributed by atoms with van der Waals surface area (Å²) < 4.78 is 10.5. The predicted octanol–water partition coefficient (Wildman–Crippen LogP) is 3.87. The Kier molecular flexibility index (Phi) is 7.84. The van der Waals surface area contributed by atoms with Crippen LogP contribution in [0, 0.1) is 13.8 Å². The van der Waals surface area contributed by atoms with Gasteiger partial charge < -0.3 is 20.5 Å². The second-order valence-electron chi connectivity index (χ2n) is 5.32. The molecule has 0 radical (unpaired) electrons. The van der Waals surface area contributed by atoms with Crippen LogP contribution in [0.15, 0.2) is 41.4 Å². The Morgan fingerprint density at radius 3 is 2.46 bits per heavy atom. The number of methoxy groups -OCH3 is 2. The van der Waals surface area contributed by atoms with Gasteiger partial charge in [0, 0.05) is 6.07 Å². The zero-order valence-electron chi connectivity index (χ0n) is 14.4. The predicted molar refractivity (Wildman–Crippen MR) is 110 cm³/mol. The Labute approximate surface area is 160 Å². The molecule has 0 saturated heterocycles. The summed E-state index contributed by atoms with van der Waals surface area (Å²) in [7, 11) is 3.22. The van der Waals surface area contributed by atoms with E-state index in [0.717, 1.165) is 11.3 Å². The number of ether oxygens (including phenoxy) is 2. The van der Waals surface area contributed by atoms with E-state index < -0.39 is 0 Å². The summed E-state index contributed by atoms with van der Waals surface area (Å²) in [5.74, 6) is 1.72. The Hall–Kier alpha value is -1.96. The molecule has 6 heteroatoms. The van der Waals surface area contributed by atoms with Crippen molar-refractivity contribution in [3.8, 4) is 11.5 Å². The first-order valence-electron chi connectivity index (χ1n) is 7.38. The molecule has 0 heterocycles. The van der Waals surface area contributed by atoms with Gasteiger partial charge in [0.05, 0.1) is 26.5 Å². The van der Waals surface area contributed by atoms with Crippen molar-refractivity contribution in [1.29, 1.82) is 0 Å². The Balaban J connectivity index is 0.00000288. The summed E-state index contributed by atoms with van der Waals surface area (Å²) in [5.41, 5.74) is 10.3. The van der Waals surface area contributed by atoms with Gasteiger partial charge in [-0.25, -0.2) is 4.99 Å². The van der Waals surface area contributed by atoms with Gasteiger partial charge in [-0.15, -0.1) is 24.0 Å². The van der Waals surface area contributed by atoms with E-state index in [4.69, 9.17) is 15.2 Å². The number of nitrogens with one attached hydrogen (secondary N) is 1. The molecule has 2 rings (SSSR count). The fraction of sp³-hybridized carbons (Fsp3) is 0.278. The molecule has 0 spiro atoms. The number of aliphatic imine (C=N–C) groups is 1. The van der Waals surface area contributed by atoms with Crippen molar-refractivity contribution in [2.75, 3.05) is 19.5 Å². The van der Waals surface area contributed by atoms with Crippen LogP contribution in [0.4, 0.5) is 5.69 Å². The SMILES string of the molecule is COc1ccc(OC)c(NC(N)=NCc2ccc(C)cc2C)c1.I. The van der Waals surface area contributed by atoms with Crippen LogP contribution in [0.1, 0.15) is 16.7 Å². The van der Waals surface area contributed by atoms with Gasteiger partial charge in [0.25, 0.3) is 0 Å². The number of guanidine groups is 1. The molecule has 0 aliphatic rings. The summed E-state index contributed by atoms with van der Waals surface area (Å²) in [4.78, 5) is 4.40. The van der Waals surface area contributed by atoms with Gasteiger partial charge in [-0.2, -0.15) is 0 Å². The summed E-state index contributed by atoms with van der Waals surface area (Å²) in [5, 5.41) is 3.06. The van der Waals surface area contributed by atoms with E-state index in [9.17, 15) is 0 Å². The standard InChI is InChI=1S/C18H23N3O2.HI/c1-12-5-6-14(13(2)9-12)11-20-18(19)21-16-10-15(22-3)7-8-17(16)23-4;/h5-10H,11H2,1-4H3,(H3,19,20,21);1H. The van der Waals surface area contributed by atoms with Crippen molar-refractivity contribution >= 4 is 35.6 Å². The summed E-state index contributed by atoms with van der Waals surface area (Å²) >= 11 is 0. The van der Waals surface area contributed by atoms with E-state index in [0.29, 0.717) is 23.9 Å². The highest BCUT2D eigenvalue weighted by Crippen LogP contribution is 2.28. The van der Waals surface area contributed by atoms with Crippen LogP contribution in [-0.2, 0) is 6.54 Å². The van der Waals surface area contributed by atoms with Crippen LogP contribution in [0.3, 0.4) is 0 Å². The molecular formula is C18H24IN3O2. The molecule has 0 unspecified atom stereocenters. The molecule has 2 aromatic carbocycles. The molecule has 0 amide bonds. The molecule has 0 fully saturated rings. The zero-order chi connectivity index (χ0) is 16.8. The number of rotatable bonds is 5. The lowest BCUT2D eigenvalue weighted by atomic mass is 10.1. The molecule has 0 aliphatic carbocycles. The van der Waals surface area contributed by atoms with Gasteiger partial charge in [0.15, 0.2) is 5.96 Å². The minimum Gasteiger partial charge on any atom is -0.497 e. The Morgan fingerprint density at radius 2 is 1.83 bits per heavy atom. The van der Waals surface area contributed by atoms with Crippen molar-refractivity contribution in [2.45, 2.75) is 20.4 Å². The third-order valence-electron chi connectivity index (χ3n) is 3.59. The average Bonchev–Trinajstić information content (AvgIpc) is 2.54. The molecule has 0 bridgehead atoms. The van der Waals surface area contributed by atoms with Gasteiger partial charge in [0.1, 0.15) is 11.5 Å². The van der Waals surface area contributed by atoms with Gasteiger partial charge in [-0.05, 0) is 37.1 Å². The van der Waals surface area contributed by atoms with E-state index in [1.54, 1.807) is 14.2 Å². The van der Waals surface area contributed by atoms with Gasteiger partial charge >= 0.3 is 0 Å². The Morgan fingerprint density at radius 1 is 1.08 bits per heavy atom. The fourth-order valence-corrected chi connectivity index (χ4v) is 2.28. The van der Waals surface area contributed by atoms with Crippen molar-refractivity contribution < 1.29 is 9.47 Å². The van der Waals surface area contributed by atoms with E-state index in [1.165, 1.54) is 11.1 Å². The average molecular weight is 441 g/mol. The second-order valence-corrected chi connectivity index (χ2v) is 5.32. The van der Waals surface area contributed by atoms with Crippen LogP contribution in [0.25, 0.3) is 0 Å². The number of nitrogens with two attached hydrogens (primary N) is 1. The van der Waals surface area contributed by atoms with Gasteiger partial charge in [-0.1, -0.05) is 23.8 Å². The zero-order valence-corrected chi connectivity index (χ0v) is 16.8. The molecule has 2 aromatic rings. The second kappa shape index (κ2) is 9.36. The monoisotopic (exact) mass is 441 g/mol. The van der Waals surface area contributed by atoms with Crippen LogP contribution in [0.2, 0.25) is 0 Å². The third-order valence-corrected chi connectivity index (χ3v) is 3.59. The first-order chi connectivity index (χ1) is 11.0. The van der Waals surface area contributed by atoms with Crippen LogP contribution in [0.5, 0.6) is 11.5 Å². The number of hydrogen-bond acceptors (Lipinski definition) is 3. The molecule has 0 saturated carbocycles. The maximum absolute atomic E-state index is 5.99. The lowest BCUT2D eigenvalue weighted by molar-refractivity contribution is 0.405. The number of halogens is 1. The van der Waals surface area contributed by atoms with Crippen molar-refractivity contribution in [3.05, 3.63) is 53.1 Å². The largest absolute Gasteiger partial charge is 0.497 e. The molecule has 0 aliphatic heterocycles. The van der Waals surface area contributed by atoms with Crippen LogP contribution < -0.4 is 20.5 Å². The summed E-state index contributed by atoms with van der Waals surface area (Å²) in [6.07, 6.45) is 0. The molecule has 130 valence electrons. The molecular weight excluding hydrogens is 417 g/mol. The number of anilines is 1. The highest BCUT2D eigenvalue weighted by Gasteiger charge is 2.06. The van der Waals surface area contributed by atoms with Crippen LogP contribution in [-0.4, -0.2) is 20.2 Å². The smallest absolute Gasteiger partial charge is 0.193 e. The van der Waals surface area contributed by atoms with Gasteiger partial charge in [-0.3, -0.25) is 0 Å². The molecule has 0 atom stereocenters. The van der Waals surface area contributed by atoms with Crippen molar-refractivity contribution in [3.63, 3.8) is 0 Å². The third kappa shape index (κ3) is 5.30. The summed E-state index contributed by atoms with van der Waals surface area (Å²) in [6, 6.07) is 11.8. The van der Waals surface area contributed by atoms with E-state index >= 15 is 0 Å². The normalized spacial score (nSPS) is 10.8.